The number of benzene rings is 2. The summed E-state index contributed by atoms with van der Waals surface area (Å²) in [6.07, 6.45) is 6.32. The van der Waals surface area contributed by atoms with E-state index in [2.05, 4.69) is 24.1 Å². The van der Waals surface area contributed by atoms with Crippen LogP contribution in [0.4, 0.5) is 11.4 Å². The molecular weight excluding hydrogens is 624 g/mol. The van der Waals surface area contributed by atoms with E-state index in [1.54, 1.807) is 30.1 Å². The topological polar surface area (TPSA) is 129 Å². The summed E-state index contributed by atoms with van der Waals surface area (Å²) in [7, 11) is 0. The molecule has 0 unspecified atom stereocenters. The minimum absolute atomic E-state index is 0.119. The van der Waals surface area contributed by atoms with Gasteiger partial charge in [0, 0.05) is 50.6 Å². The summed E-state index contributed by atoms with van der Waals surface area (Å²) in [4.78, 5) is 61.8. The number of fused-ring (bicyclic) bond motifs is 2. The van der Waals surface area contributed by atoms with Crippen LogP contribution in [0, 0.1) is 11.8 Å². The first kappa shape index (κ1) is 34.4. The van der Waals surface area contributed by atoms with Crippen LogP contribution in [-0.2, 0) is 28.7 Å². The molecule has 2 aromatic carbocycles. The smallest absolute Gasteiger partial charge is 0.313 e. The van der Waals surface area contributed by atoms with Gasteiger partial charge in [0.25, 0.3) is 5.91 Å². The van der Waals surface area contributed by atoms with Gasteiger partial charge in [-0.1, -0.05) is 54.6 Å². The summed E-state index contributed by atoms with van der Waals surface area (Å²) in [6.45, 7) is 7.87. The lowest BCUT2D eigenvalue weighted by molar-refractivity contribution is -0.161. The van der Waals surface area contributed by atoms with Crippen LogP contribution >= 0.6 is 0 Å². The highest BCUT2D eigenvalue weighted by Gasteiger charge is 2.71. The number of allylic oxidation sites excluding steroid dienone is 1. The van der Waals surface area contributed by atoms with Crippen LogP contribution in [0.15, 0.2) is 78.9 Å². The fourth-order valence-corrected chi connectivity index (χ4v) is 7.85. The van der Waals surface area contributed by atoms with Gasteiger partial charge in [0.1, 0.15) is 23.7 Å². The molecule has 2 saturated heterocycles. The molecule has 0 radical (unpaired) electrons. The van der Waals surface area contributed by atoms with Crippen LogP contribution in [0.1, 0.15) is 51.7 Å². The fraction of sp³-hybridized carbons (Fsp3) is 0.474. The van der Waals surface area contributed by atoms with Gasteiger partial charge in [-0.3, -0.25) is 19.2 Å². The average Bonchev–Trinajstić information content (AvgIpc) is 3.49. The van der Waals surface area contributed by atoms with E-state index in [-0.39, 0.29) is 44.4 Å². The van der Waals surface area contributed by atoms with Gasteiger partial charge in [0.2, 0.25) is 11.8 Å². The van der Waals surface area contributed by atoms with E-state index >= 15 is 0 Å². The molecule has 11 heteroatoms. The van der Waals surface area contributed by atoms with E-state index in [1.165, 1.54) is 4.90 Å². The van der Waals surface area contributed by atoms with Crippen LogP contribution in [0.3, 0.4) is 0 Å². The van der Waals surface area contributed by atoms with Crippen molar-refractivity contribution in [3.05, 3.63) is 84.5 Å². The van der Waals surface area contributed by atoms with E-state index < -0.39 is 53.6 Å². The highest BCUT2D eigenvalue weighted by Crippen LogP contribution is 2.53. The number of hydrogen-bond donors (Lipinski definition) is 2. The number of hydrogen-bond acceptors (Lipinski definition) is 8. The maximum absolute atomic E-state index is 14.7. The Balaban J connectivity index is 1.40. The number of carbonyl (C=O) groups is 4. The Morgan fingerprint density at radius 1 is 0.980 bits per heavy atom. The maximum Gasteiger partial charge on any atom is 0.313 e. The monoisotopic (exact) mass is 670 g/mol. The third-order valence-electron chi connectivity index (χ3n) is 10.2. The minimum atomic E-state index is -1.46. The summed E-state index contributed by atoms with van der Waals surface area (Å²) in [5.41, 5.74) is 0.971. The predicted molar refractivity (Wildman–Crippen MR) is 185 cm³/mol. The molecule has 0 bridgehead atoms. The number of carbonyl (C=O) groups excluding carboxylic acids is 4. The summed E-state index contributed by atoms with van der Waals surface area (Å²) in [6, 6.07) is 15.4. The second-order valence-corrected chi connectivity index (χ2v) is 13.1. The van der Waals surface area contributed by atoms with Crippen molar-refractivity contribution in [1.29, 1.82) is 0 Å². The van der Waals surface area contributed by atoms with Crippen molar-refractivity contribution in [3.63, 3.8) is 0 Å². The van der Waals surface area contributed by atoms with Gasteiger partial charge < -0.3 is 34.6 Å². The standard InChI is InChI=1S/C38H46N4O7/c1-4-40(5-2)27-17-19-28(20-18-27)41-22-11-21-38-32(35(45)42(23-12-24-43)34(38)36(41)46)31-29(49-38)15-9-10-16-30(44)39-25(3)33(48-37(31)47)26-13-7-6-8-14-26/h6-9,11,13-15,17-21,25,29,31-34,43H,4-5,10,12,16,22-24H2,1-3H3,(H,39,44)/b15-9-/t25-,29-,31+,32+,33+,34-,38+/m1/s1. The Kier molecular flexibility index (Phi) is 10.2. The molecule has 2 aromatic rings. The zero-order valence-corrected chi connectivity index (χ0v) is 28.4. The van der Waals surface area contributed by atoms with Crippen molar-refractivity contribution in [1.82, 2.24) is 10.2 Å². The second kappa shape index (κ2) is 14.6. The number of esters is 1. The Morgan fingerprint density at radius 2 is 1.71 bits per heavy atom. The van der Waals surface area contributed by atoms with Gasteiger partial charge in [-0.25, -0.2) is 0 Å². The lowest BCUT2D eigenvalue weighted by atomic mass is 9.77. The number of aliphatic hydroxyl groups is 1. The van der Waals surface area contributed by atoms with Crippen LogP contribution in [0.5, 0.6) is 0 Å². The first-order valence-electron chi connectivity index (χ1n) is 17.4. The third-order valence-corrected chi connectivity index (χ3v) is 10.2. The van der Waals surface area contributed by atoms with Gasteiger partial charge in [0.05, 0.1) is 18.1 Å². The number of nitrogens with one attached hydrogen (secondary N) is 1. The number of likely N-dealkylation sites (tertiary alicyclic amines) is 1. The molecule has 4 aliphatic rings. The molecule has 2 N–H and O–H groups in total. The van der Waals surface area contributed by atoms with Crippen molar-refractivity contribution >= 4 is 35.1 Å². The Labute approximate surface area is 287 Å². The summed E-state index contributed by atoms with van der Waals surface area (Å²) in [5.74, 6) is -3.64. The zero-order chi connectivity index (χ0) is 34.7. The molecule has 6 rings (SSSR count). The van der Waals surface area contributed by atoms with Crippen LogP contribution in [0.2, 0.25) is 0 Å². The summed E-state index contributed by atoms with van der Waals surface area (Å²) in [5, 5.41) is 12.7. The molecule has 260 valence electrons. The SMILES string of the molecule is CCN(CC)c1ccc(N2CC=C[C@]34O[C@@H]5/C=C\CCC(=O)N[C@H](C)[C@@H](c6ccccc6)OC(=O)[C@@H]5[C@H]3C(=O)N(CCCO)[C@@H]4C2=O)cc1. The van der Waals surface area contributed by atoms with Crippen LogP contribution in [-0.4, -0.2) is 90.3 Å². The molecule has 1 spiro atoms. The van der Waals surface area contributed by atoms with E-state index in [0.717, 1.165) is 18.8 Å². The third kappa shape index (κ3) is 6.37. The molecule has 11 nitrogen and oxygen atoms in total. The number of nitrogens with zero attached hydrogens (tertiary/aromatic N) is 3. The summed E-state index contributed by atoms with van der Waals surface area (Å²) >= 11 is 0. The number of rotatable bonds is 8. The van der Waals surface area contributed by atoms with Crippen LogP contribution in [0.25, 0.3) is 0 Å². The Morgan fingerprint density at radius 3 is 2.41 bits per heavy atom. The molecule has 0 saturated carbocycles. The largest absolute Gasteiger partial charge is 0.455 e. The molecule has 49 heavy (non-hydrogen) atoms. The molecule has 0 aliphatic carbocycles. The summed E-state index contributed by atoms with van der Waals surface area (Å²) < 4.78 is 13.0. The molecule has 3 amide bonds. The lowest BCUT2D eigenvalue weighted by Crippen LogP contribution is -2.55. The fourth-order valence-electron chi connectivity index (χ4n) is 7.85. The molecule has 0 aromatic heterocycles. The molecule has 4 heterocycles. The van der Waals surface area contributed by atoms with Gasteiger partial charge >= 0.3 is 5.97 Å². The lowest BCUT2D eigenvalue weighted by Gasteiger charge is -2.35. The van der Waals surface area contributed by atoms with E-state index in [4.69, 9.17) is 9.47 Å². The second-order valence-electron chi connectivity index (χ2n) is 13.1. The molecule has 2 fully saturated rings. The van der Waals surface area contributed by atoms with E-state index in [1.807, 2.05) is 60.7 Å². The molecular formula is C38H46N4O7. The maximum atomic E-state index is 14.7. The van der Waals surface area contributed by atoms with Gasteiger partial charge in [-0.15, -0.1) is 0 Å². The van der Waals surface area contributed by atoms with E-state index in [9.17, 15) is 24.3 Å². The highest BCUT2D eigenvalue weighted by molar-refractivity contribution is 6.05. The number of ether oxygens (including phenoxy) is 2. The quantitative estimate of drug-likeness (QED) is 0.323. The minimum Gasteiger partial charge on any atom is -0.455 e. The molecule has 7 atom stereocenters. The Hall–Kier alpha value is -4.48. The first-order chi connectivity index (χ1) is 23.7. The van der Waals surface area contributed by atoms with Crippen molar-refractivity contribution in [2.24, 2.45) is 11.8 Å². The van der Waals surface area contributed by atoms with Crippen LogP contribution < -0.4 is 15.1 Å². The van der Waals surface area contributed by atoms with Gasteiger partial charge in [-0.05, 0) is 63.4 Å². The van der Waals surface area contributed by atoms with Crippen molar-refractivity contribution in [2.45, 2.75) is 69.9 Å². The first-order valence-corrected chi connectivity index (χ1v) is 17.4. The van der Waals surface area contributed by atoms with Crippen molar-refractivity contribution < 1.29 is 33.8 Å². The highest BCUT2D eigenvalue weighted by atomic mass is 16.6. The number of cyclic esters (lactones) is 1. The average molecular weight is 671 g/mol. The zero-order valence-electron chi connectivity index (χ0n) is 28.4. The number of anilines is 2. The normalized spacial score (nSPS) is 30.7. The Bertz CT molecular complexity index is 1590. The van der Waals surface area contributed by atoms with Crippen molar-refractivity contribution in [2.75, 3.05) is 42.6 Å². The van der Waals surface area contributed by atoms with Gasteiger partial charge in [-0.2, -0.15) is 0 Å². The van der Waals surface area contributed by atoms with Crippen molar-refractivity contribution in [3.8, 4) is 0 Å². The number of aliphatic hydroxyl groups excluding tert-OH is 1. The predicted octanol–water partition coefficient (Wildman–Crippen LogP) is 3.54. The molecule has 4 aliphatic heterocycles. The number of amides is 3. The van der Waals surface area contributed by atoms with E-state index in [0.29, 0.717) is 17.7 Å². The van der Waals surface area contributed by atoms with Gasteiger partial charge in [0.15, 0.2) is 0 Å².